The minimum absolute atomic E-state index is 0.0823. The molecule has 0 bridgehead atoms. The third-order valence-corrected chi connectivity index (χ3v) is 3.79. The number of rotatable bonds is 1. The van der Waals surface area contributed by atoms with Crippen LogP contribution in [0, 0.1) is 12.8 Å². The summed E-state index contributed by atoms with van der Waals surface area (Å²) in [4.78, 5) is 25.2. The van der Waals surface area contributed by atoms with E-state index in [1.165, 1.54) is 0 Å². The Kier molecular flexibility index (Phi) is 4.10. The Balaban J connectivity index is 2.01. The molecule has 5 heteroatoms. The van der Waals surface area contributed by atoms with Crippen LogP contribution in [0.25, 0.3) is 0 Å². The van der Waals surface area contributed by atoms with E-state index in [0.717, 1.165) is 5.56 Å². The monoisotopic (exact) mass is 280 g/mol. The van der Waals surface area contributed by atoms with Crippen molar-refractivity contribution >= 4 is 29.1 Å². The number of anilines is 1. The predicted molar refractivity (Wildman–Crippen MR) is 75.6 cm³/mol. The van der Waals surface area contributed by atoms with Gasteiger partial charge in [-0.3, -0.25) is 4.79 Å². The maximum atomic E-state index is 12.1. The van der Waals surface area contributed by atoms with Crippen LogP contribution in [0.15, 0.2) is 18.2 Å². The number of Topliss-reactive ketones (excluding diaryl/α,β-unsaturated/α-hetero) is 1. The second kappa shape index (κ2) is 5.61. The lowest BCUT2D eigenvalue weighted by Crippen LogP contribution is -2.45. The average Bonchev–Trinajstić information content (AvgIpc) is 2.37. The molecule has 1 saturated heterocycles. The fraction of sp³-hybridized carbons (Fsp3) is 0.429. The highest BCUT2D eigenvalue weighted by atomic mass is 35.5. The molecule has 4 nitrogen and oxygen atoms in total. The minimum Gasteiger partial charge on any atom is -0.323 e. The molecular weight excluding hydrogens is 264 g/mol. The largest absolute Gasteiger partial charge is 0.323 e. The summed E-state index contributed by atoms with van der Waals surface area (Å²) in [6.45, 7) is 4.72. The van der Waals surface area contributed by atoms with Crippen molar-refractivity contribution in [2.45, 2.75) is 20.3 Å². The standard InChI is InChI=1S/C14H17ClN2O2/c1-9-3-4-11(7-12(9)15)16-14(19)17-6-5-13(18)10(2)8-17/h3-4,7,10H,5-6,8H2,1-2H3,(H,16,19). The molecule has 0 saturated carbocycles. The highest BCUT2D eigenvalue weighted by Crippen LogP contribution is 2.21. The number of halogens is 1. The van der Waals surface area contributed by atoms with Crippen LogP contribution in [-0.2, 0) is 4.79 Å². The molecule has 2 rings (SSSR count). The summed E-state index contributed by atoms with van der Waals surface area (Å²) in [7, 11) is 0. The van der Waals surface area contributed by atoms with Gasteiger partial charge in [0.1, 0.15) is 5.78 Å². The van der Waals surface area contributed by atoms with E-state index in [-0.39, 0.29) is 17.7 Å². The molecule has 1 fully saturated rings. The Morgan fingerprint density at radius 1 is 1.47 bits per heavy atom. The van der Waals surface area contributed by atoms with Crippen molar-refractivity contribution in [3.8, 4) is 0 Å². The fourth-order valence-corrected chi connectivity index (χ4v) is 2.25. The van der Waals surface area contributed by atoms with Gasteiger partial charge in [0.05, 0.1) is 0 Å². The van der Waals surface area contributed by atoms with Crippen LogP contribution in [-0.4, -0.2) is 29.8 Å². The molecule has 102 valence electrons. The van der Waals surface area contributed by atoms with Crippen LogP contribution >= 0.6 is 11.6 Å². The predicted octanol–water partition coefficient (Wildman–Crippen LogP) is 3.09. The lowest BCUT2D eigenvalue weighted by Gasteiger charge is -2.30. The van der Waals surface area contributed by atoms with E-state index in [0.29, 0.717) is 30.2 Å². The number of piperidine rings is 1. The first kappa shape index (κ1) is 13.9. The van der Waals surface area contributed by atoms with E-state index >= 15 is 0 Å². The van der Waals surface area contributed by atoms with Crippen molar-refractivity contribution in [3.63, 3.8) is 0 Å². The zero-order chi connectivity index (χ0) is 14.0. The van der Waals surface area contributed by atoms with Crippen molar-refractivity contribution in [2.24, 2.45) is 5.92 Å². The fourth-order valence-electron chi connectivity index (χ4n) is 2.07. The zero-order valence-electron chi connectivity index (χ0n) is 11.1. The van der Waals surface area contributed by atoms with Crippen molar-refractivity contribution in [1.82, 2.24) is 4.90 Å². The molecule has 2 amide bonds. The minimum atomic E-state index is -0.181. The number of hydrogen-bond donors (Lipinski definition) is 1. The Morgan fingerprint density at radius 3 is 2.84 bits per heavy atom. The Bertz CT molecular complexity index is 516. The van der Waals surface area contributed by atoms with Crippen LogP contribution in [0.3, 0.4) is 0 Å². The summed E-state index contributed by atoms with van der Waals surface area (Å²) in [5.74, 6) is 0.142. The molecule has 0 radical (unpaired) electrons. The van der Waals surface area contributed by atoms with Crippen LogP contribution in [0.5, 0.6) is 0 Å². The molecule has 0 spiro atoms. The summed E-state index contributed by atoms with van der Waals surface area (Å²) in [5.41, 5.74) is 1.64. The van der Waals surface area contributed by atoms with Gasteiger partial charge in [0.2, 0.25) is 0 Å². The molecule has 1 atom stereocenters. The van der Waals surface area contributed by atoms with Crippen molar-refractivity contribution in [2.75, 3.05) is 18.4 Å². The first-order valence-corrected chi connectivity index (χ1v) is 6.70. The first-order valence-electron chi connectivity index (χ1n) is 6.32. The molecule has 0 aliphatic carbocycles. The van der Waals surface area contributed by atoms with Crippen LogP contribution in [0.2, 0.25) is 5.02 Å². The van der Waals surface area contributed by atoms with Crippen LogP contribution in [0.4, 0.5) is 10.5 Å². The van der Waals surface area contributed by atoms with E-state index in [1.807, 2.05) is 26.0 Å². The van der Waals surface area contributed by atoms with Gasteiger partial charge in [0.25, 0.3) is 0 Å². The van der Waals surface area contributed by atoms with Gasteiger partial charge in [-0.05, 0) is 24.6 Å². The van der Waals surface area contributed by atoms with Gasteiger partial charge in [0, 0.05) is 36.1 Å². The maximum absolute atomic E-state index is 12.1. The second-order valence-corrected chi connectivity index (χ2v) is 5.36. The molecule has 1 unspecified atom stereocenters. The van der Waals surface area contributed by atoms with E-state index in [2.05, 4.69) is 5.32 Å². The average molecular weight is 281 g/mol. The van der Waals surface area contributed by atoms with Gasteiger partial charge in [-0.25, -0.2) is 4.79 Å². The summed E-state index contributed by atoms with van der Waals surface area (Å²) >= 11 is 6.02. The van der Waals surface area contributed by atoms with Crippen LogP contribution < -0.4 is 5.32 Å². The summed E-state index contributed by atoms with van der Waals surface area (Å²) in [6, 6.07) is 5.23. The molecular formula is C14H17ClN2O2. The number of likely N-dealkylation sites (tertiary alicyclic amines) is 1. The van der Waals surface area contributed by atoms with E-state index < -0.39 is 0 Å². The molecule has 1 N–H and O–H groups in total. The SMILES string of the molecule is Cc1ccc(NC(=O)N2CCC(=O)C(C)C2)cc1Cl. The Morgan fingerprint density at radius 2 is 2.21 bits per heavy atom. The number of urea groups is 1. The molecule has 1 aromatic rings. The molecule has 19 heavy (non-hydrogen) atoms. The molecule has 1 heterocycles. The topological polar surface area (TPSA) is 49.4 Å². The summed E-state index contributed by atoms with van der Waals surface area (Å²) in [6.07, 6.45) is 0.434. The maximum Gasteiger partial charge on any atom is 0.321 e. The smallest absolute Gasteiger partial charge is 0.321 e. The van der Waals surface area contributed by atoms with Gasteiger partial charge in [-0.2, -0.15) is 0 Å². The molecule has 1 aromatic carbocycles. The Labute approximate surface area is 117 Å². The quantitative estimate of drug-likeness (QED) is 0.859. The number of ketones is 1. The second-order valence-electron chi connectivity index (χ2n) is 4.96. The summed E-state index contributed by atoms with van der Waals surface area (Å²) in [5, 5.41) is 3.43. The lowest BCUT2D eigenvalue weighted by atomic mass is 9.99. The molecule has 1 aliphatic rings. The van der Waals surface area contributed by atoms with Gasteiger partial charge >= 0.3 is 6.03 Å². The van der Waals surface area contributed by atoms with Gasteiger partial charge < -0.3 is 10.2 Å². The number of hydrogen-bond acceptors (Lipinski definition) is 2. The van der Waals surface area contributed by atoms with Gasteiger partial charge in [0.15, 0.2) is 0 Å². The first-order chi connectivity index (χ1) is 8.97. The molecule has 1 aliphatic heterocycles. The summed E-state index contributed by atoms with van der Waals surface area (Å²) < 4.78 is 0. The van der Waals surface area contributed by atoms with Crippen molar-refractivity contribution in [1.29, 1.82) is 0 Å². The third kappa shape index (κ3) is 3.26. The number of amides is 2. The van der Waals surface area contributed by atoms with E-state index in [4.69, 9.17) is 11.6 Å². The Hall–Kier alpha value is -1.55. The number of aryl methyl sites for hydroxylation is 1. The lowest BCUT2D eigenvalue weighted by molar-refractivity contribution is -0.124. The van der Waals surface area contributed by atoms with E-state index in [9.17, 15) is 9.59 Å². The number of nitrogens with one attached hydrogen (secondary N) is 1. The number of carbonyl (C=O) groups is 2. The third-order valence-electron chi connectivity index (χ3n) is 3.38. The highest BCUT2D eigenvalue weighted by Gasteiger charge is 2.26. The van der Waals surface area contributed by atoms with Gasteiger partial charge in [-0.1, -0.05) is 24.6 Å². The van der Waals surface area contributed by atoms with Gasteiger partial charge in [-0.15, -0.1) is 0 Å². The van der Waals surface area contributed by atoms with Crippen LogP contribution in [0.1, 0.15) is 18.9 Å². The van der Waals surface area contributed by atoms with Crippen molar-refractivity contribution in [3.05, 3.63) is 28.8 Å². The number of carbonyl (C=O) groups excluding carboxylic acids is 2. The molecule has 0 aromatic heterocycles. The number of nitrogens with zero attached hydrogens (tertiary/aromatic N) is 1. The number of benzene rings is 1. The van der Waals surface area contributed by atoms with Crippen molar-refractivity contribution < 1.29 is 9.59 Å². The normalized spacial score (nSPS) is 19.4. The highest BCUT2D eigenvalue weighted by molar-refractivity contribution is 6.31. The van der Waals surface area contributed by atoms with E-state index in [1.54, 1.807) is 11.0 Å². The zero-order valence-corrected chi connectivity index (χ0v) is 11.8.